The zero-order chi connectivity index (χ0) is 15.5. The quantitative estimate of drug-likeness (QED) is 0.850. The number of aromatic amines is 1. The van der Waals surface area contributed by atoms with Crippen molar-refractivity contribution in [2.45, 2.75) is 11.3 Å². The van der Waals surface area contributed by atoms with Crippen LogP contribution in [-0.2, 0) is 16.3 Å². The van der Waals surface area contributed by atoms with Gasteiger partial charge in [0.05, 0.1) is 4.90 Å². The van der Waals surface area contributed by atoms with Gasteiger partial charge in [0, 0.05) is 44.7 Å². The average molecular weight is 308 g/mol. The number of rotatable bonds is 5. The predicted octanol–water partition coefficient (Wildman–Crippen LogP) is 0.247. The number of H-pyrrole nitrogens is 1. The number of sulfone groups is 1. The lowest BCUT2D eigenvalue weighted by Crippen LogP contribution is -2.23. The summed E-state index contributed by atoms with van der Waals surface area (Å²) in [6.45, 7) is 0.595. The van der Waals surface area contributed by atoms with Crippen molar-refractivity contribution in [3.63, 3.8) is 0 Å². The summed E-state index contributed by atoms with van der Waals surface area (Å²) >= 11 is 0. The molecule has 0 spiro atoms. The van der Waals surface area contributed by atoms with Gasteiger partial charge in [0.15, 0.2) is 9.84 Å². The summed E-state index contributed by atoms with van der Waals surface area (Å²) in [5, 5.41) is 0. The lowest BCUT2D eigenvalue weighted by Gasteiger charge is -2.17. The number of pyridine rings is 1. The predicted molar refractivity (Wildman–Crippen MR) is 79.2 cm³/mol. The molecule has 0 atom stereocenters. The summed E-state index contributed by atoms with van der Waals surface area (Å²) in [4.78, 5) is 24.1. The first-order valence-corrected chi connectivity index (χ1v) is 8.17. The fourth-order valence-electron chi connectivity index (χ4n) is 1.74. The van der Waals surface area contributed by atoms with E-state index in [1.54, 1.807) is 6.07 Å². The molecule has 0 fully saturated rings. The molecule has 0 bridgehead atoms. The van der Waals surface area contributed by atoms with Crippen molar-refractivity contribution < 1.29 is 8.42 Å². The van der Waals surface area contributed by atoms with Gasteiger partial charge in [-0.1, -0.05) is 0 Å². The number of nitrogens with one attached hydrogen (secondary N) is 1. The summed E-state index contributed by atoms with van der Waals surface area (Å²) in [6, 6.07) is 4.53. The molecule has 2 rings (SSSR count). The van der Waals surface area contributed by atoms with E-state index in [-0.39, 0.29) is 10.5 Å². The molecule has 2 heterocycles. The first kappa shape index (κ1) is 15.2. The minimum absolute atomic E-state index is 0.182. The highest BCUT2D eigenvalue weighted by Crippen LogP contribution is 2.13. The SMILES string of the molecule is CN(CCc1nccc(=O)[nH]1)c1ccc(S(C)(=O)=O)cn1. The standard InChI is InChI=1S/C13H16N4O3S/c1-17(8-6-11-14-7-5-13(18)16-11)12-4-3-10(9-15-12)21(2,19)20/h3-5,7,9H,6,8H2,1-2H3,(H,14,16,18). The van der Waals surface area contributed by atoms with Crippen LogP contribution in [0.25, 0.3) is 0 Å². The normalized spacial score (nSPS) is 11.3. The van der Waals surface area contributed by atoms with Gasteiger partial charge in [-0.15, -0.1) is 0 Å². The molecule has 0 amide bonds. The van der Waals surface area contributed by atoms with Gasteiger partial charge in [0.2, 0.25) is 0 Å². The highest BCUT2D eigenvalue weighted by molar-refractivity contribution is 7.90. The number of likely N-dealkylation sites (N-methyl/N-ethyl adjacent to an activating group) is 1. The minimum atomic E-state index is -3.24. The van der Waals surface area contributed by atoms with Crippen LogP contribution in [-0.4, -0.2) is 43.2 Å². The molecular formula is C13H16N4O3S. The van der Waals surface area contributed by atoms with E-state index in [9.17, 15) is 13.2 Å². The van der Waals surface area contributed by atoms with E-state index < -0.39 is 9.84 Å². The van der Waals surface area contributed by atoms with Crippen LogP contribution >= 0.6 is 0 Å². The Morgan fingerprint density at radius 2 is 2.00 bits per heavy atom. The van der Waals surface area contributed by atoms with Crippen molar-refractivity contribution in [1.82, 2.24) is 15.0 Å². The summed E-state index contributed by atoms with van der Waals surface area (Å²) in [7, 11) is -1.40. The second-order valence-electron chi connectivity index (χ2n) is 4.68. The third kappa shape index (κ3) is 4.12. The Kier molecular flexibility index (Phi) is 4.37. The third-order valence-electron chi connectivity index (χ3n) is 2.95. The molecule has 0 aliphatic carbocycles. The Hall–Kier alpha value is -2.22. The molecule has 0 radical (unpaired) electrons. The van der Waals surface area contributed by atoms with Gasteiger partial charge in [-0.3, -0.25) is 4.79 Å². The number of aromatic nitrogens is 3. The van der Waals surface area contributed by atoms with Gasteiger partial charge >= 0.3 is 0 Å². The highest BCUT2D eigenvalue weighted by atomic mass is 32.2. The lowest BCUT2D eigenvalue weighted by molar-refractivity contribution is 0.601. The van der Waals surface area contributed by atoms with Crippen LogP contribution in [0.5, 0.6) is 0 Å². The Morgan fingerprint density at radius 3 is 2.57 bits per heavy atom. The molecule has 7 nitrogen and oxygen atoms in total. The van der Waals surface area contributed by atoms with Gasteiger partial charge < -0.3 is 9.88 Å². The lowest BCUT2D eigenvalue weighted by atomic mass is 10.3. The van der Waals surface area contributed by atoms with Crippen LogP contribution in [0.1, 0.15) is 5.82 Å². The molecule has 0 saturated carbocycles. The summed E-state index contributed by atoms with van der Waals surface area (Å²) in [6.07, 6.45) is 4.50. The smallest absolute Gasteiger partial charge is 0.250 e. The average Bonchev–Trinajstić information content (AvgIpc) is 2.44. The van der Waals surface area contributed by atoms with Crippen molar-refractivity contribution in [1.29, 1.82) is 0 Å². The molecule has 0 unspecified atom stereocenters. The summed E-state index contributed by atoms with van der Waals surface area (Å²) < 4.78 is 22.7. The number of nitrogens with zero attached hydrogens (tertiary/aromatic N) is 3. The van der Waals surface area contributed by atoms with Crippen LogP contribution in [0, 0.1) is 0 Å². The Bertz CT molecular complexity index is 769. The molecule has 0 aliphatic heterocycles. The van der Waals surface area contributed by atoms with E-state index in [0.717, 1.165) is 6.26 Å². The largest absolute Gasteiger partial charge is 0.359 e. The van der Waals surface area contributed by atoms with Gasteiger partial charge in [0.25, 0.3) is 5.56 Å². The van der Waals surface area contributed by atoms with E-state index in [4.69, 9.17) is 0 Å². The van der Waals surface area contributed by atoms with Crippen molar-refractivity contribution in [3.8, 4) is 0 Å². The number of hydrogen-bond acceptors (Lipinski definition) is 6. The Labute approximate surface area is 122 Å². The maximum absolute atomic E-state index is 11.4. The molecule has 2 aromatic heterocycles. The highest BCUT2D eigenvalue weighted by Gasteiger charge is 2.09. The number of anilines is 1. The van der Waals surface area contributed by atoms with Crippen LogP contribution in [0.3, 0.4) is 0 Å². The molecule has 8 heteroatoms. The van der Waals surface area contributed by atoms with Crippen LogP contribution in [0.2, 0.25) is 0 Å². The van der Waals surface area contributed by atoms with E-state index in [0.29, 0.717) is 24.6 Å². The number of hydrogen-bond donors (Lipinski definition) is 1. The molecule has 0 aromatic carbocycles. The maximum atomic E-state index is 11.4. The van der Waals surface area contributed by atoms with E-state index in [2.05, 4.69) is 15.0 Å². The zero-order valence-corrected chi connectivity index (χ0v) is 12.6. The first-order valence-electron chi connectivity index (χ1n) is 6.28. The topological polar surface area (TPSA) is 96.0 Å². The molecule has 112 valence electrons. The van der Waals surface area contributed by atoms with E-state index >= 15 is 0 Å². The van der Waals surface area contributed by atoms with Gasteiger partial charge in [-0.25, -0.2) is 18.4 Å². The molecule has 1 N–H and O–H groups in total. The van der Waals surface area contributed by atoms with Gasteiger partial charge in [-0.2, -0.15) is 0 Å². The van der Waals surface area contributed by atoms with Crippen molar-refractivity contribution >= 4 is 15.7 Å². The van der Waals surface area contributed by atoms with Crippen LogP contribution < -0.4 is 10.5 Å². The second kappa shape index (κ2) is 6.04. The monoisotopic (exact) mass is 308 g/mol. The van der Waals surface area contributed by atoms with Crippen LogP contribution in [0.4, 0.5) is 5.82 Å². The molecule has 2 aromatic rings. The van der Waals surface area contributed by atoms with E-state index in [1.165, 1.54) is 24.5 Å². The zero-order valence-electron chi connectivity index (χ0n) is 11.8. The fraction of sp³-hybridized carbons (Fsp3) is 0.308. The molecule has 0 aliphatic rings. The third-order valence-corrected chi connectivity index (χ3v) is 4.05. The van der Waals surface area contributed by atoms with Crippen LogP contribution in [0.15, 0.2) is 40.3 Å². The first-order chi connectivity index (χ1) is 9.86. The Morgan fingerprint density at radius 1 is 1.24 bits per heavy atom. The van der Waals surface area contributed by atoms with Crippen molar-refractivity contribution in [2.75, 3.05) is 24.7 Å². The van der Waals surface area contributed by atoms with Crippen molar-refractivity contribution in [3.05, 3.63) is 46.8 Å². The van der Waals surface area contributed by atoms with Gasteiger partial charge in [0.1, 0.15) is 11.6 Å². The summed E-state index contributed by atoms with van der Waals surface area (Å²) in [5.74, 6) is 1.25. The molecule has 0 saturated heterocycles. The Balaban J connectivity index is 2.03. The van der Waals surface area contributed by atoms with Crippen molar-refractivity contribution in [2.24, 2.45) is 0 Å². The molecule has 21 heavy (non-hydrogen) atoms. The van der Waals surface area contributed by atoms with Gasteiger partial charge in [-0.05, 0) is 12.1 Å². The minimum Gasteiger partial charge on any atom is -0.359 e. The molecular weight excluding hydrogens is 292 g/mol. The second-order valence-corrected chi connectivity index (χ2v) is 6.69. The van der Waals surface area contributed by atoms with E-state index in [1.807, 2.05) is 11.9 Å². The summed E-state index contributed by atoms with van der Waals surface area (Å²) in [5.41, 5.74) is -0.182. The fourth-order valence-corrected chi connectivity index (χ4v) is 2.30. The maximum Gasteiger partial charge on any atom is 0.250 e.